The third kappa shape index (κ3) is 2.52. The molecule has 0 radical (unpaired) electrons. The second kappa shape index (κ2) is 5.29. The van der Waals surface area contributed by atoms with Gasteiger partial charge in [0.25, 0.3) is 5.69 Å². The van der Waals surface area contributed by atoms with Gasteiger partial charge in [-0.2, -0.15) is 12.6 Å². The SMILES string of the molecule is Cc1c(C(O)C(O)CS)cccc1[N+](=O)[O-]. The van der Waals surface area contributed by atoms with Crippen LogP contribution in [0.25, 0.3) is 0 Å². The molecule has 5 nitrogen and oxygen atoms in total. The van der Waals surface area contributed by atoms with E-state index >= 15 is 0 Å². The number of hydrogen-bond acceptors (Lipinski definition) is 5. The first-order valence-electron chi connectivity index (χ1n) is 4.70. The standard InChI is InChI=1S/C10H13NO4S/c1-6-7(10(13)9(12)5-16)3-2-4-8(6)11(14)15/h2-4,9-10,12-13,16H,5H2,1H3. The summed E-state index contributed by atoms with van der Waals surface area (Å²) in [5.74, 6) is 0.0866. The number of nitrogens with zero attached hydrogens (tertiary/aromatic N) is 1. The molecule has 1 rings (SSSR count). The minimum atomic E-state index is -1.16. The van der Waals surface area contributed by atoms with E-state index in [1.807, 2.05) is 0 Å². The van der Waals surface area contributed by atoms with E-state index in [-0.39, 0.29) is 11.4 Å². The molecule has 6 heteroatoms. The quantitative estimate of drug-likeness (QED) is 0.422. The molecule has 2 unspecified atom stereocenters. The topological polar surface area (TPSA) is 83.6 Å². The Labute approximate surface area is 98.3 Å². The van der Waals surface area contributed by atoms with Crippen LogP contribution in [0.15, 0.2) is 18.2 Å². The fourth-order valence-electron chi connectivity index (χ4n) is 1.47. The number of benzene rings is 1. The van der Waals surface area contributed by atoms with Gasteiger partial charge in [0.2, 0.25) is 0 Å². The molecular formula is C10H13NO4S. The molecule has 1 aromatic carbocycles. The van der Waals surface area contributed by atoms with Crippen molar-refractivity contribution in [1.82, 2.24) is 0 Å². The van der Waals surface area contributed by atoms with Gasteiger partial charge in [-0.15, -0.1) is 0 Å². The number of hydrogen-bond donors (Lipinski definition) is 3. The van der Waals surface area contributed by atoms with Gasteiger partial charge >= 0.3 is 0 Å². The van der Waals surface area contributed by atoms with Gasteiger partial charge in [-0.25, -0.2) is 0 Å². The first-order chi connectivity index (χ1) is 7.49. The highest BCUT2D eigenvalue weighted by Gasteiger charge is 2.22. The molecule has 0 heterocycles. The summed E-state index contributed by atoms with van der Waals surface area (Å²) in [6.07, 6.45) is -2.19. The smallest absolute Gasteiger partial charge is 0.272 e. The average Bonchev–Trinajstić information content (AvgIpc) is 2.27. The summed E-state index contributed by atoms with van der Waals surface area (Å²) in [6.45, 7) is 1.54. The van der Waals surface area contributed by atoms with Gasteiger partial charge in [0.15, 0.2) is 0 Å². The molecule has 1 aromatic rings. The summed E-state index contributed by atoms with van der Waals surface area (Å²) in [5.41, 5.74) is 0.652. The lowest BCUT2D eigenvalue weighted by Gasteiger charge is -2.17. The molecular weight excluding hydrogens is 230 g/mol. The van der Waals surface area contributed by atoms with E-state index in [9.17, 15) is 20.3 Å². The number of nitro groups is 1. The van der Waals surface area contributed by atoms with Gasteiger partial charge in [-0.05, 0) is 12.5 Å². The van der Waals surface area contributed by atoms with Crippen molar-refractivity contribution in [2.75, 3.05) is 5.75 Å². The van der Waals surface area contributed by atoms with Gasteiger partial charge in [0, 0.05) is 17.4 Å². The van der Waals surface area contributed by atoms with Gasteiger partial charge in [-0.1, -0.05) is 12.1 Å². The van der Waals surface area contributed by atoms with Crippen LogP contribution >= 0.6 is 12.6 Å². The number of thiol groups is 1. The Kier molecular flexibility index (Phi) is 4.28. The van der Waals surface area contributed by atoms with Crippen LogP contribution in [-0.4, -0.2) is 27.0 Å². The van der Waals surface area contributed by atoms with Crippen molar-refractivity contribution in [2.45, 2.75) is 19.1 Å². The predicted molar refractivity (Wildman–Crippen MR) is 62.7 cm³/mol. The van der Waals surface area contributed by atoms with Crippen LogP contribution in [0.2, 0.25) is 0 Å². The van der Waals surface area contributed by atoms with Crippen LogP contribution in [0.3, 0.4) is 0 Å². The van der Waals surface area contributed by atoms with E-state index in [4.69, 9.17) is 0 Å². The van der Waals surface area contributed by atoms with Crippen LogP contribution < -0.4 is 0 Å². The zero-order valence-corrected chi connectivity index (χ0v) is 9.59. The van der Waals surface area contributed by atoms with E-state index in [0.717, 1.165) is 0 Å². The van der Waals surface area contributed by atoms with E-state index in [0.29, 0.717) is 11.1 Å². The van der Waals surface area contributed by atoms with E-state index in [2.05, 4.69) is 12.6 Å². The molecule has 0 saturated carbocycles. The molecule has 0 aromatic heterocycles. The Hall–Kier alpha value is -1.11. The Bertz CT molecular complexity index is 396. The van der Waals surface area contributed by atoms with Crippen molar-refractivity contribution in [3.63, 3.8) is 0 Å². The van der Waals surface area contributed by atoms with Crippen molar-refractivity contribution in [3.05, 3.63) is 39.4 Å². The second-order valence-corrected chi connectivity index (χ2v) is 3.81. The van der Waals surface area contributed by atoms with Crippen molar-refractivity contribution in [3.8, 4) is 0 Å². The van der Waals surface area contributed by atoms with Crippen molar-refractivity contribution in [1.29, 1.82) is 0 Å². The molecule has 2 atom stereocenters. The normalized spacial score (nSPS) is 14.5. The van der Waals surface area contributed by atoms with Crippen LogP contribution in [0.4, 0.5) is 5.69 Å². The number of aliphatic hydroxyl groups excluding tert-OH is 2. The summed E-state index contributed by atoms with van der Waals surface area (Å²) in [4.78, 5) is 10.2. The summed E-state index contributed by atoms with van der Waals surface area (Å²) < 4.78 is 0. The maximum Gasteiger partial charge on any atom is 0.272 e. The van der Waals surface area contributed by atoms with Crippen molar-refractivity contribution >= 4 is 18.3 Å². The first kappa shape index (κ1) is 13.0. The predicted octanol–water partition coefficient (Wildman–Crippen LogP) is 1.23. The van der Waals surface area contributed by atoms with Gasteiger partial charge < -0.3 is 10.2 Å². The number of rotatable bonds is 4. The summed E-state index contributed by atoms with van der Waals surface area (Å²) in [6, 6.07) is 4.40. The third-order valence-electron chi connectivity index (χ3n) is 2.41. The maximum absolute atomic E-state index is 10.7. The van der Waals surface area contributed by atoms with Gasteiger partial charge in [0.05, 0.1) is 11.0 Å². The van der Waals surface area contributed by atoms with Crippen LogP contribution in [0.5, 0.6) is 0 Å². The highest BCUT2D eigenvalue weighted by Crippen LogP contribution is 2.27. The second-order valence-electron chi connectivity index (χ2n) is 3.44. The van der Waals surface area contributed by atoms with Crippen LogP contribution in [-0.2, 0) is 0 Å². The Morgan fingerprint density at radius 2 is 2.12 bits per heavy atom. The molecule has 0 saturated heterocycles. The van der Waals surface area contributed by atoms with Crippen molar-refractivity contribution < 1.29 is 15.1 Å². The highest BCUT2D eigenvalue weighted by molar-refractivity contribution is 7.80. The fourth-order valence-corrected chi connectivity index (χ4v) is 1.67. The molecule has 0 fully saturated rings. The summed E-state index contributed by atoms with van der Waals surface area (Å²) >= 11 is 3.86. The van der Waals surface area contributed by atoms with E-state index in [1.54, 1.807) is 13.0 Å². The zero-order valence-electron chi connectivity index (χ0n) is 8.70. The highest BCUT2D eigenvalue weighted by atomic mass is 32.1. The largest absolute Gasteiger partial charge is 0.389 e. The molecule has 0 aliphatic rings. The molecule has 0 amide bonds. The lowest BCUT2D eigenvalue weighted by atomic mass is 9.99. The first-order valence-corrected chi connectivity index (χ1v) is 5.33. The van der Waals surface area contributed by atoms with E-state index in [1.165, 1.54) is 12.1 Å². The molecule has 0 bridgehead atoms. The average molecular weight is 243 g/mol. The molecule has 88 valence electrons. The molecule has 0 aliphatic carbocycles. The summed E-state index contributed by atoms with van der Waals surface area (Å²) in [5, 5.41) is 29.9. The van der Waals surface area contributed by atoms with Crippen LogP contribution in [0.1, 0.15) is 17.2 Å². The zero-order chi connectivity index (χ0) is 12.3. The van der Waals surface area contributed by atoms with Crippen molar-refractivity contribution in [2.24, 2.45) is 0 Å². The Morgan fingerprint density at radius 1 is 1.50 bits per heavy atom. The summed E-state index contributed by atoms with van der Waals surface area (Å²) in [7, 11) is 0. The Morgan fingerprint density at radius 3 is 2.62 bits per heavy atom. The Balaban J connectivity index is 3.15. The number of aliphatic hydroxyl groups is 2. The molecule has 0 spiro atoms. The maximum atomic E-state index is 10.7. The lowest BCUT2D eigenvalue weighted by molar-refractivity contribution is -0.385. The minimum Gasteiger partial charge on any atom is -0.389 e. The molecule has 0 aliphatic heterocycles. The minimum absolute atomic E-state index is 0.0667. The van der Waals surface area contributed by atoms with Crippen LogP contribution in [0, 0.1) is 17.0 Å². The van der Waals surface area contributed by atoms with Gasteiger partial charge in [0.1, 0.15) is 6.10 Å². The molecule has 2 N–H and O–H groups in total. The van der Waals surface area contributed by atoms with E-state index < -0.39 is 17.1 Å². The van der Waals surface area contributed by atoms with Gasteiger partial charge in [-0.3, -0.25) is 10.1 Å². The monoisotopic (exact) mass is 243 g/mol. The lowest BCUT2D eigenvalue weighted by Crippen LogP contribution is -2.20. The third-order valence-corrected chi connectivity index (χ3v) is 2.79. The molecule has 16 heavy (non-hydrogen) atoms. The number of nitro benzene ring substituents is 1. The fraction of sp³-hybridized carbons (Fsp3) is 0.400.